The molecule has 2 nitrogen and oxygen atoms in total. The SMILES string of the molecule is CC(CCNc1ccc(N(C)C)cc1)c1ccccc1. The summed E-state index contributed by atoms with van der Waals surface area (Å²) in [6.07, 6.45) is 1.14. The molecule has 0 spiro atoms. The van der Waals surface area contributed by atoms with E-state index in [2.05, 4.69) is 85.8 Å². The molecule has 0 saturated heterocycles. The molecule has 0 aliphatic heterocycles. The highest BCUT2D eigenvalue weighted by molar-refractivity contribution is 5.54. The van der Waals surface area contributed by atoms with E-state index in [0.29, 0.717) is 5.92 Å². The van der Waals surface area contributed by atoms with Crippen LogP contribution >= 0.6 is 0 Å². The predicted octanol–water partition coefficient (Wildman–Crippen LogP) is 4.36. The number of benzene rings is 2. The Morgan fingerprint density at radius 3 is 2.20 bits per heavy atom. The lowest BCUT2D eigenvalue weighted by atomic mass is 9.98. The normalized spacial score (nSPS) is 11.9. The monoisotopic (exact) mass is 268 g/mol. The van der Waals surface area contributed by atoms with Crippen molar-refractivity contribution < 1.29 is 0 Å². The lowest BCUT2D eigenvalue weighted by Crippen LogP contribution is -2.09. The standard InChI is InChI=1S/C18H24N2/c1-15(16-7-5-4-6-8-16)13-14-19-17-9-11-18(12-10-17)20(2)3/h4-12,15,19H,13-14H2,1-3H3. The third-order valence-electron chi connectivity index (χ3n) is 3.66. The second-order valence-electron chi connectivity index (χ2n) is 5.47. The summed E-state index contributed by atoms with van der Waals surface area (Å²) in [6, 6.07) is 19.3. The van der Waals surface area contributed by atoms with Crippen molar-refractivity contribution in [2.24, 2.45) is 0 Å². The molecule has 0 aliphatic rings. The minimum Gasteiger partial charge on any atom is -0.385 e. The van der Waals surface area contributed by atoms with E-state index in [-0.39, 0.29) is 0 Å². The molecule has 1 atom stereocenters. The maximum absolute atomic E-state index is 3.49. The topological polar surface area (TPSA) is 15.3 Å². The van der Waals surface area contributed by atoms with Crippen LogP contribution in [-0.2, 0) is 0 Å². The Morgan fingerprint density at radius 2 is 1.60 bits per heavy atom. The summed E-state index contributed by atoms with van der Waals surface area (Å²) in [5, 5.41) is 3.49. The van der Waals surface area contributed by atoms with Crippen molar-refractivity contribution in [2.45, 2.75) is 19.3 Å². The van der Waals surface area contributed by atoms with Gasteiger partial charge in [0.25, 0.3) is 0 Å². The molecule has 0 aliphatic carbocycles. The van der Waals surface area contributed by atoms with Gasteiger partial charge in [-0.2, -0.15) is 0 Å². The summed E-state index contributed by atoms with van der Waals surface area (Å²) in [6.45, 7) is 3.28. The first-order chi connectivity index (χ1) is 9.66. The predicted molar refractivity (Wildman–Crippen MR) is 88.7 cm³/mol. The van der Waals surface area contributed by atoms with Crippen LogP contribution < -0.4 is 10.2 Å². The zero-order valence-electron chi connectivity index (χ0n) is 12.6. The van der Waals surface area contributed by atoms with Crippen LogP contribution in [0.5, 0.6) is 0 Å². The smallest absolute Gasteiger partial charge is 0.0362 e. The van der Waals surface area contributed by atoms with Gasteiger partial charge in [0.05, 0.1) is 0 Å². The minimum atomic E-state index is 0.588. The highest BCUT2D eigenvalue weighted by Crippen LogP contribution is 2.19. The molecular formula is C18H24N2. The van der Waals surface area contributed by atoms with Crippen LogP contribution in [0.1, 0.15) is 24.8 Å². The van der Waals surface area contributed by atoms with Crippen LogP contribution in [-0.4, -0.2) is 20.6 Å². The van der Waals surface area contributed by atoms with Crippen LogP contribution in [0.15, 0.2) is 54.6 Å². The molecule has 106 valence electrons. The molecule has 0 fully saturated rings. The summed E-state index contributed by atoms with van der Waals surface area (Å²) < 4.78 is 0. The maximum atomic E-state index is 3.49. The molecule has 0 aromatic heterocycles. The Labute approximate surface area is 122 Å². The number of rotatable bonds is 6. The average molecular weight is 268 g/mol. The second kappa shape index (κ2) is 6.99. The fourth-order valence-corrected chi connectivity index (χ4v) is 2.26. The Bertz CT molecular complexity index is 503. The van der Waals surface area contributed by atoms with Gasteiger partial charge in [0, 0.05) is 32.0 Å². The molecule has 0 radical (unpaired) electrons. The maximum Gasteiger partial charge on any atom is 0.0362 e. The molecule has 0 heterocycles. The molecule has 2 aromatic carbocycles. The average Bonchev–Trinajstić information content (AvgIpc) is 2.48. The summed E-state index contributed by atoms with van der Waals surface area (Å²) in [7, 11) is 4.12. The van der Waals surface area contributed by atoms with Crippen molar-refractivity contribution in [1.82, 2.24) is 0 Å². The van der Waals surface area contributed by atoms with Gasteiger partial charge >= 0.3 is 0 Å². The fourth-order valence-electron chi connectivity index (χ4n) is 2.26. The van der Waals surface area contributed by atoms with Crippen molar-refractivity contribution in [3.05, 3.63) is 60.2 Å². The molecule has 2 heteroatoms. The van der Waals surface area contributed by atoms with Crippen LogP contribution in [0.2, 0.25) is 0 Å². The van der Waals surface area contributed by atoms with E-state index in [9.17, 15) is 0 Å². The van der Waals surface area contributed by atoms with Gasteiger partial charge in [-0.15, -0.1) is 0 Å². The summed E-state index contributed by atoms with van der Waals surface area (Å²) in [5.41, 5.74) is 3.83. The largest absolute Gasteiger partial charge is 0.385 e. The second-order valence-corrected chi connectivity index (χ2v) is 5.47. The van der Waals surface area contributed by atoms with E-state index in [1.54, 1.807) is 0 Å². The molecule has 0 amide bonds. The van der Waals surface area contributed by atoms with E-state index in [1.807, 2.05) is 0 Å². The van der Waals surface area contributed by atoms with E-state index in [4.69, 9.17) is 0 Å². The number of nitrogens with zero attached hydrogens (tertiary/aromatic N) is 1. The molecule has 0 bridgehead atoms. The number of nitrogens with one attached hydrogen (secondary N) is 1. The van der Waals surface area contributed by atoms with E-state index < -0.39 is 0 Å². The third-order valence-corrected chi connectivity index (χ3v) is 3.66. The molecule has 1 unspecified atom stereocenters. The van der Waals surface area contributed by atoms with Gasteiger partial charge in [-0.25, -0.2) is 0 Å². The van der Waals surface area contributed by atoms with Crippen molar-refractivity contribution in [2.75, 3.05) is 30.9 Å². The van der Waals surface area contributed by atoms with Gasteiger partial charge in [-0.1, -0.05) is 37.3 Å². The highest BCUT2D eigenvalue weighted by atomic mass is 15.1. The third kappa shape index (κ3) is 4.02. The Morgan fingerprint density at radius 1 is 0.950 bits per heavy atom. The molecular weight excluding hydrogens is 244 g/mol. The summed E-state index contributed by atoms with van der Waals surface area (Å²) >= 11 is 0. The minimum absolute atomic E-state index is 0.588. The summed E-state index contributed by atoms with van der Waals surface area (Å²) in [5.74, 6) is 0.588. The van der Waals surface area contributed by atoms with Crippen molar-refractivity contribution in [1.29, 1.82) is 0 Å². The Balaban J connectivity index is 1.81. The Hall–Kier alpha value is -1.96. The first-order valence-electron chi connectivity index (χ1n) is 7.23. The van der Waals surface area contributed by atoms with Crippen LogP contribution in [0.3, 0.4) is 0 Å². The quantitative estimate of drug-likeness (QED) is 0.837. The van der Waals surface area contributed by atoms with Crippen molar-refractivity contribution >= 4 is 11.4 Å². The zero-order chi connectivity index (χ0) is 14.4. The van der Waals surface area contributed by atoms with Crippen LogP contribution in [0.4, 0.5) is 11.4 Å². The van der Waals surface area contributed by atoms with E-state index in [0.717, 1.165) is 13.0 Å². The number of hydrogen-bond acceptors (Lipinski definition) is 2. The van der Waals surface area contributed by atoms with Crippen molar-refractivity contribution in [3.63, 3.8) is 0 Å². The summed E-state index contributed by atoms with van der Waals surface area (Å²) in [4.78, 5) is 2.11. The lowest BCUT2D eigenvalue weighted by Gasteiger charge is -2.15. The van der Waals surface area contributed by atoms with E-state index >= 15 is 0 Å². The molecule has 20 heavy (non-hydrogen) atoms. The van der Waals surface area contributed by atoms with Crippen LogP contribution in [0.25, 0.3) is 0 Å². The van der Waals surface area contributed by atoms with Gasteiger partial charge < -0.3 is 10.2 Å². The molecule has 2 rings (SSSR count). The lowest BCUT2D eigenvalue weighted by molar-refractivity contribution is 0.706. The van der Waals surface area contributed by atoms with Gasteiger partial charge in [0.2, 0.25) is 0 Å². The first-order valence-corrected chi connectivity index (χ1v) is 7.23. The van der Waals surface area contributed by atoms with Crippen molar-refractivity contribution in [3.8, 4) is 0 Å². The number of hydrogen-bond donors (Lipinski definition) is 1. The highest BCUT2D eigenvalue weighted by Gasteiger charge is 2.04. The number of anilines is 2. The van der Waals surface area contributed by atoms with Crippen LogP contribution in [0, 0.1) is 0 Å². The van der Waals surface area contributed by atoms with Gasteiger partial charge in [0.1, 0.15) is 0 Å². The molecule has 1 N–H and O–H groups in total. The Kier molecular flexibility index (Phi) is 5.05. The molecule has 2 aromatic rings. The van der Waals surface area contributed by atoms with Gasteiger partial charge in [0.15, 0.2) is 0 Å². The molecule has 0 saturated carbocycles. The first kappa shape index (κ1) is 14.4. The van der Waals surface area contributed by atoms with Gasteiger partial charge in [-0.3, -0.25) is 0 Å². The van der Waals surface area contributed by atoms with E-state index in [1.165, 1.54) is 16.9 Å². The zero-order valence-corrected chi connectivity index (χ0v) is 12.6. The fraction of sp³-hybridized carbons (Fsp3) is 0.333. The van der Waals surface area contributed by atoms with Gasteiger partial charge in [-0.05, 0) is 42.2 Å².